The first-order valence-corrected chi connectivity index (χ1v) is 9.30. The summed E-state index contributed by atoms with van der Waals surface area (Å²) in [5.74, 6) is -1.83. The minimum Gasteiger partial charge on any atom is -0.478 e. The number of hydrogen-bond acceptors (Lipinski definition) is 9. The fourth-order valence-corrected chi connectivity index (χ4v) is 3.26. The number of carbonyl (C=O) groups is 2. The standard InChI is InChI=1S/C21H22O10/c1-29-20(28)11-4-2-3-10(7-11)13-6-5-12(8-14(13)19(26)27)30-21-18(25)17(24)16(23)15(9-22)31-21/h2-8,15-18,21-25H,9H2,1H3,(H,26,27). The van der Waals surface area contributed by atoms with Crippen LogP contribution in [0.25, 0.3) is 11.1 Å². The fourth-order valence-electron chi connectivity index (χ4n) is 3.26. The lowest BCUT2D eigenvalue weighted by Crippen LogP contribution is -2.60. The lowest BCUT2D eigenvalue weighted by molar-refractivity contribution is -0.277. The molecule has 0 saturated carbocycles. The zero-order valence-corrected chi connectivity index (χ0v) is 16.4. The van der Waals surface area contributed by atoms with Crippen LogP contribution >= 0.6 is 0 Å². The molecular formula is C21H22O10. The Labute approximate surface area is 176 Å². The predicted octanol–water partition coefficient (Wildman–Crippen LogP) is 0.0171. The van der Waals surface area contributed by atoms with E-state index < -0.39 is 49.3 Å². The van der Waals surface area contributed by atoms with Gasteiger partial charge in [0.1, 0.15) is 30.2 Å². The average Bonchev–Trinajstić information content (AvgIpc) is 2.78. The smallest absolute Gasteiger partial charge is 0.337 e. The zero-order valence-electron chi connectivity index (χ0n) is 16.4. The molecule has 0 spiro atoms. The highest BCUT2D eigenvalue weighted by Crippen LogP contribution is 2.30. The van der Waals surface area contributed by atoms with Crippen molar-refractivity contribution in [2.24, 2.45) is 0 Å². The van der Waals surface area contributed by atoms with Crippen molar-refractivity contribution in [3.05, 3.63) is 53.6 Å². The van der Waals surface area contributed by atoms with Crippen molar-refractivity contribution in [3.8, 4) is 16.9 Å². The van der Waals surface area contributed by atoms with Gasteiger partial charge in [-0.3, -0.25) is 0 Å². The van der Waals surface area contributed by atoms with E-state index in [2.05, 4.69) is 4.74 Å². The second-order valence-corrected chi connectivity index (χ2v) is 6.90. The topological polar surface area (TPSA) is 163 Å². The summed E-state index contributed by atoms with van der Waals surface area (Å²) in [5, 5.41) is 48.7. The molecule has 5 atom stereocenters. The van der Waals surface area contributed by atoms with Gasteiger partial charge in [-0.15, -0.1) is 0 Å². The Morgan fingerprint density at radius 1 is 1.03 bits per heavy atom. The first kappa shape index (κ1) is 22.7. The molecule has 0 bridgehead atoms. The third-order valence-corrected chi connectivity index (χ3v) is 4.92. The molecule has 0 aliphatic carbocycles. The Morgan fingerprint density at radius 2 is 1.77 bits per heavy atom. The van der Waals surface area contributed by atoms with Gasteiger partial charge in [-0.05, 0) is 41.5 Å². The van der Waals surface area contributed by atoms with Crippen LogP contribution in [0, 0.1) is 0 Å². The molecule has 10 heteroatoms. The molecule has 0 radical (unpaired) electrons. The van der Waals surface area contributed by atoms with Gasteiger partial charge < -0.3 is 39.7 Å². The van der Waals surface area contributed by atoms with Gasteiger partial charge in [0.05, 0.1) is 24.8 Å². The van der Waals surface area contributed by atoms with E-state index in [0.29, 0.717) is 11.1 Å². The van der Waals surface area contributed by atoms with Crippen molar-refractivity contribution in [2.75, 3.05) is 13.7 Å². The minimum atomic E-state index is -1.64. The normalized spacial score (nSPS) is 25.6. The highest BCUT2D eigenvalue weighted by atomic mass is 16.7. The lowest BCUT2D eigenvalue weighted by Gasteiger charge is -2.39. The van der Waals surface area contributed by atoms with Crippen LogP contribution in [0.1, 0.15) is 20.7 Å². The summed E-state index contributed by atoms with van der Waals surface area (Å²) in [7, 11) is 1.24. The second kappa shape index (κ2) is 9.41. The molecule has 1 saturated heterocycles. The number of aromatic carboxylic acids is 1. The summed E-state index contributed by atoms with van der Waals surface area (Å²) in [4.78, 5) is 23.6. The number of hydrogen-bond donors (Lipinski definition) is 5. The van der Waals surface area contributed by atoms with Gasteiger partial charge in [0.15, 0.2) is 0 Å². The molecule has 2 aromatic carbocycles. The van der Waals surface area contributed by atoms with Gasteiger partial charge in [-0.25, -0.2) is 9.59 Å². The van der Waals surface area contributed by atoms with Gasteiger partial charge in [0, 0.05) is 0 Å². The highest BCUT2D eigenvalue weighted by molar-refractivity contribution is 5.98. The lowest BCUT2D eigenvalue weighted by atomic mass is 9.97. The molecule has 0 aromatic heterocycles. The molecular weight excluding hydrogens is 412 g/mol. The van der Waals surface area contributed by atoms with Crippen LogP contribution in [-0.2, 0) is 9.47 Å². The van der Waals surface area contributed by atoms with Gasteiger partial charge in [-0.1, -0.05) is 12.1 Å². The molecule has 3 rings (SSSR count). The van der Waals surface area contributed by atoms with E-state index in [1.54, 1.807) is 12.1 Å². The van der Waals surface area contributed by atoms with Crippen LogP contribution in [0.5, 0.6) is 5.75 Å². The van der Waals surface area contributed by atoms with Crippen LogP contribution < -0.4 is 4.74 Å². The molecule has 31 heavy (non-hydrogen) atoms. The molecule has 1 aliphatic rings. The highest BCUT2D eigenvalue weighted by Gasteiger charge is 2.44. The Balaban J connectivity index is 1.91. The number of aliphatic hydroxyl groups excluding tert-OH is 4. The molecule has 1 aliphatic heterocycles. The van der Waals surface area contributed by atoms with Crippen molar-refractivity contribution in [3.63, 3.8) is 0 Å². The van der Waals surface area contributed by atoms with Gasteiger partial charge in [0.2, 0.25) is 6.29 Å². The van der Waals surface area contributed by atoms with Crippen LogP contribution in [0.4, 0.5) is 0 Å². The van der Waals surface area contributed by atoms with E-state index in [0.717, 1.165) is 0 Å². The SMILES string of the molecule is COC(=O)c1cccc(-c2ccc(OC3OC(CO)C(O)C(O)C3O)cc2C(=O)O)c1. The molecule has 2 aromatic rings. The molecule has 0 amide bonds. The van der Waals surface area contributed by atoms with Crippen molar-refractivity contribution in [1.29, 1.82) is 0 Å². The number of carboxylic acids is 1. The summed E-state index contributed by atoms with van der Waals surface area (Å²) in [6, 6.07) is 10.3. The molecule has 5 unspecified atom stereocenters. The van der Waals surface area contributed by atoms with Crippen molar-refractivity contribution in [2.45, 2.75) is 30.7 Å². The van der Waals surface area contributed by atoms with Crippen molar-refractivity contribution >= 4 is 11.9 Å². The minimum absolute atomic E-state index is 0.00889. The average molecular weight is 434 g/mol. The number of carbonyl (C=O) groups excluding carboxylic acids is 1. The molecule has 10 nitrogen and oxygen atoms in total. The summed E-state index contributed by atoms with van der Waals surface area (Å²) in [6.45, 7) is -0.624. The van der Waals surface area contributed by atoms with Crippen LogP contribution in [-0.4, -0.2) is 81.9 Å². The van der Waals surface area contributed by atoms with Gasteiger partial charge in [0.25, 0.3) is 0 Å². The van der Waals surface area contributed by atoms with Crippen molar-refractivity contribution < 1.29 is 49.3 Å². The van der Waals surface area contributed by atoms with Gasteiger partial charge in [-0.2, -0.15) is 0 Å². The van der Waals surface area contributed by atoms with Crippen molar-refractivity contribution in [1.82, 2.24) is 0 Å². The number of benzene rings is 2. The van der Waals surface area contributed by atoms with E-state index >= 15 is 0 Å². The number of rotatable bonds is 6. The largest absolute Gasteiger partial charge is 0.478 e. The number of methoxy groups -OCH3 is 1. The monoisotopic (exact) mass is 434 g/mol. The maximum absolute atomic E-state index is 11.8. The van der Waals surface area contributed by atoms with Crippen LogP contribution in [0.15, 0.2) is 42.5 Å². The number of carboxylic acid groups (broad SMARTS) is 1. The van der Waals surface area contributed by atoms with Crippen LogP contribution in [0.3, 0.4) is 0 Å². The van der Waals surface area contributed by atoms with E-state index in [4.69, 9.17) is 9.47 Å². The molecule has 1 fully saturated rings. The van der Waals surface area contributed by atoms with E-state index in [1.165, 1.54) is 37.4 Å². The molecule has 1 heterocycles. The van der Waals surface area contributed by atoms with Crippen LogP contribution in [0.2, 0.25) is 0 Å². The van der Waals surface area contributed by atoms with E-state index in [9.17, 15) is 35.1 Å². The first-order valence-electron chi connectivity index (χ1n) is 9.30. The summed E-state index contributed by atoms with van der Waals surface area (Å²) in [5.41, 5.74) is 0.862. The second-order valence-electron chi connectivity index (χ2n) is 6.90. The fraction of sp³-hybridized carbons (Fsp3) is 0.333. The summed E-state index contributed by atoms with van der Waals surface area (Å²) < 4.78 is 15.4. The number of esters is 1. The third-order valence-electron chi connectivity index (χ3n) is 4.92. The first-order chi connectivity index (χ1) is 14.8. The predicted molar refractivity (Wildman–Crippen MR) is 105 cm³/mol. The quantitative estimate of drug-likeness (QED) is 0.392. The Morgan fingerprint density at radius 3 is 2.42 bits per heavy atom. The maximum Gasteiger partial charge on any atom is 0.337 e. The Bertz CT molecular complexity index is 957. The van der Waals surface area contributed by atoms with Gasteiger partial charge >= 0.3 is 11.9 Å². The van der Waals surface area contributed by atoms with E-state index in [1.807, 2.05) is 0 Å². The summed E-state index contributed by atoms with van der Waals surface area (Å²) in [6.07, 6.45) is -7.43. The number of aliphatic hydroxyl groups is 4. The zero-order chi connectivity index (χ0) is 22.7. The Hall–Kier alpha value is -3.02. The molecule has 166 valence electrons. The maximum atomic E-state index is 11.8. The number of ether oxygens (including phenoxy) is 3. The molecule has 5 N–H and O–H groups in total. The summed E-state index contributed by atoms with van der Waals surface area (Å²) >= 11 is 0. The van der Waals surface area contributed by atoms with E-state index in [-0.39, 0.29) is 16.9 Å². The Kier molecular flexibility index (Phi) is 6.88. The third kappa shape index (κ3) is 4.68.